The molecule has 1 fully saturated rings. The summed E-state index contributed by atoms with van der Waals surface area (Å²) in [5, 5.41) is 16.8. The number of rotatable bonds is 5. The second-order valence-corrected chi connectivity index (χ2v) is 4.03. The Hall–Kier alpha value is -1.79. The molecule has 17 heavy (non-hydrogen) atoms. The smallest absolute Gasteiger partial charge is 0.230 e. The summed E-state index contributed by atoms with van der Waals surface area (Å²) in [4.78, 5) is 22.7. The van der Waals surface area contributed by atoms with Crippen molar-refractivity contribution >= 4 is 17.6 Å². The third-order valence-corrected chi connectivity index (χ3v) is 2.80. The van der Waals surface area contributed by atoms with E-state index in [0.29, 0.717) is 19.4 Å². The molecule has 2 atom stereocenters. The highest BCUT2D eigenvalue weighted by Gasteiger charge is 2.24. The molecule has 0 saturated carbocycles. The first-order valence-electron chi connectivity index (χ1n) is 5.63. The molecule has 7 nitrogen and oxygen atoms in total. The fourth-order valence-electron chi connectivity index (χ4n) is 1.78. The van der Waals surface area contributed by atoms with E-state index in [2.05, 4.69) is 15.8 Å². The van der Waals surface area contributed by atoms with Crippen LogP contribution in [0.1, 0.15) is 26.2 Å². The first-order chi connectivity index (χ1) is 8.08. The molecule has 0 aromatic carbocycles. The topological polar surface area (TPSA) is 117 Å². The number of amidine groups is 1. The number of oxime groups is 1. The SMILES string of the molecule is CCC(C(=O)NCC1CCC(=O)N1)C(N)=NO. The van der Waals surface area contributed by atoms with E-state index in [-0.39, 0.29) is 23.7 Å². The van der Waals surface area contributed by atoms with Crippen molar-refractivity contribution in [3.8, 4) is 0 Å². The fraction of sp³-hybridized carbons (Fsp3) is 0.700. The maximum absolute atomic E-state index is 11.7. The lowest BCUT2D eigenvalue weighted by atomic mass is 10.0. The van der Waals surface area contributed by atoms with Crippen LogP contribution in [-0.2, 0) is 9.59 Å². The molecular weight excluding hydrogens is 224 g/mol. The van der Waals surface area contributed by atoms with Crippen LogP contribution < -0.4 is 16.4 Å². The Morgan fingerprint density at radius 1 is 1.76 bits per heavy atom. The number of amides is 2. The van der Waals surface area contributed by atoms with E-state index < -0.39 is 5.92 Å². The second-order valence-electron chi connectivity index (χ2n) is 4.03. The Bertz CT molecular complexity index is 330. The van der Waals surface area contributed by atoms with E-state index in [9.17, 15) is 9.59 Å². The third-order valence-electron chi connectivity index (χ3n) is 2.80. The maximum Gasteiger partial charge on any atom is 0.230 e. The molecule has 96 valence electrons. The van der Waals surface area contributed by atoms with Crippen molar-refractivity contribution in [2.45, 2.75) is 32.2 Å². The van der Waals surface area contributed by atoms with Gasteiger partial charge in [0, 0.05) is 19.0 Å². The summed E-state index contributed by atoms with van der Waals surface area (Å²) >= 11 is 0. The van der Waals surface area contributed by atoms with Crippen LogP contribution in [0.15, 0.2) is 5.16 Å². The van der Waals surface area contributed by atoms with Gasteiger partial charge in [-0.2, -0.15) is 0 Å². The highest BCUT2D eigenvalue weighted by molar-refractivity contribution is 6.02. The molecule has 0 bridgehead atoms. The summed E-state index contributed by atoms with van der Waals surface area (Å²) in [6, 6.07) is -0.0174. The first-order valence-corrected chi connectivity index (χ1v) is 5.63. The predicted octanol–water partition coefficient (Wildman–Crippen LogP) is -0.846. The molecule has 7 heteroatoms. The van der Waals surface area contributed by atoms with Gasteiger partial charge in [0.15, 0.2) is 5.84 Å². The van der Waals surface area contributed by atoms with E-state index in [0.717, 1.165) is 6.42 Å². The van der Waals surface area contributed by atoms with Gasteiger partial charge < -0.3 is 21.6 Å². The Morgan fingerprint density at radius 3 is 2.94 bits per heavy atom. The quantitative estimate of drug-likeness (QED) is 0.217. The van der Waals surface area contributed by atoms with Crippen LogP contribution in [-0.4, -0.2) is 35.4 Å². The van der Waals surface area contributed by atoms with Crippen molar-refractivity contribution in [1.29, 1.82) is 0 Å². The number of nitrogens with zero attached hydrogens (tertiary/aromatic N) is 1. The van der Waals surface area contributed by atoms with E-state index >= 15 is 0 Å². The summed E-state index contributed by atoms with van der Waals surface area (Å²) in [6.07, 6.45) is 1.68. The van der Waals surface area contributed by atoms with Crippen molar-refractivity contribution < 1.29 is 14.8 Å². The standard InChI is InChI=1S/C10H18N4O3/c1-2-7(9(11)14-17)10(16)12-5-6-3-4-8(15)13-6/h6-7,17H,2-5H2,1H3,(H2,11,14)(H,12,16)(H,13,15). The Morgan fingerprint density at radius 2 is 2.47 bits per heavy atom. The molecule has 0 aromatic heterocycles. The average Bonchev–Trinajstić information content (AvgIpc) is 2.73. The lowest BCUT2D eigenvalue weighted by Gasteiger charge is -2.16. The van der Waals surface area contributed by atoms with Gasteiger partial charge in [-0.3, -0.25) is 9.59 Å². The summed E-state index contributed by atoms with van der Waals surface area (Å²) in [5.41, 5.74) is 5.40. The minimum absolute atomic E-state index is 0.00715. The second kappa shape index (κ2) is 6.07. The highest BCUT2D eigenvalue weighted by Crippen LogP contribution is 2.07. The zero-order valence-corrected chi connectivity index (χ0v) is 9.77. The monoisotopic (exact) mass is 242 g/mol. The third kappa shape index (κ3) is 3.61. The van der Waals surface area contributed by atoms with Gasteiger partial charge >= 0.3 is 0 Å². The van der Waals surface area contributed by atoms with Crippen LogP contribution in [0.25, 0.3) is 0 Å². The lowest BCUT2D eigenvalue weighted by Crippen LogP contribution is -2.44. The molecule has 5 N–H and O–H groups in total. The molecule has 0 aliphatic carbocycles. The normalized spacial score (nSPS) is 22.1. The van der Waals surface area contributed by atoms with Crippen LogP contribution in [0.5, 0.6) is 0 Å². The molecule has 0 aromatic rings. The maximum atomic E-state index is 11.7. The van der Waals surface area contributed by atoms with Crippen molar-refractivity contribution in [3.05, 3.63) is 0 Å². The molecule has 1 saturated heterocycles. The number of hydrogen-bond acceptors (Lipinski definition) is 4. The number of carbonyl (C=O) groups is 2. The Kier molecular flexibility index (Phi) is 4.74. The predicted molar refractivity (Wildman–Crippen MR) is 61.4 cm³/mol. The van der Waals surface area contributed by atoms with E-state index in [1.54, 1.807) is 6.92 Å². The zero-order valence-electron chi connectivity index (χ0n) is 9.77. The van der Waals surface area contributed by atoms with Gasteiger partial charge in [-0.1, -0.05) is 12.1 Å². The van der Waals surface area contributed by atoms with Gasteiger partial charge in [0.1, 0.15) is 0 Å². The lowest BCUT2D eigenvalue weighted by molar-refractivity contribution is -0.123. The summed E-state index contributed by atoms with van der Waals surface area (Å²) in [6.45, 7) is 2.15. The van der Waals surface area contributed by atoms with Crippen LogP contribution in [0.3, 0.4) is 0 Å². The summed E-state index contributed by atoms with van der Waals surface area (Å²) < 4.78 is 0. The molecule has 0 spiro atoms. The van der Waals surface area contributed by atoms with Gasteiger partial charge in [-0.15, -0.1) is 0 Å². The van der Waals surface area contributed by atoms with Crippen LogP contribution >= 0.6 is 0 Å². The summed E-state index contributed by atoms with van der Waals surface area (Å²) in [5.74, 6) is -1.01. The Labute approximate surface area is 99.4 Å². The van der Waals surface area contributed by atoms with E-state index in [1.807, 2.05) is 0 Å². The van der Waals surface area contributed by atoms with Crippen LogP contribution in [0.2, 0.25) is 0 Å². The molecule has 1 aliphatic heterocycles. The zero-order chi connectivity index (χ0) is 12.8. The Balaban J connectivity index is 2.40. The minimum Gasteiger partial charge on any atom is -0.409 e. The number of nitrogens with two attached hydrogens (primary N) is 1. The van der Waals surface area contributed by atoms with Gasteiger partial charge in [-0.25, -0.2) is 0 Å². The van der Waals surface area contributed by atoms with Gasteiger partial charge in [0.2, 0.25) is 11.8 Å². The first kappa shape index (κ1) is 13.3. The van der Waals surface area contributed by atoms with Crippen molar-refractivity contribution in [3.63, 3.8) is 0 Å². The molecule has 2 amide bonds. The summed E-state index contributed by atoms with van der Waals surface area (Å²) in [7, 11) is 0. The molecule has 1 rings (SSSR count). The fourth-order valence-corrected chi connectivity index (χ4v) is 1.78. The van der Waals surface area contributed by atoms with Crippen molar-refractivity contribution in [1.82, 2.24) is 10.6 Å². The molecule has 1 aliphatic rings. The van der Waals surface area contributed by atoms with Crippen molar-refractivity contribution in [2.75, 3.05) is 6.54 Å². The molecular formula is C10H18N4O3. The van der Waals surface area contributed by atoms with E-state index in [1.165, 1.54) is 0 Å². The molecule has 0 radical (unpaired) electrons. The average molecular weight is 242 g/mol. The number of carbonyl (C=O) groups excluding carboxylic acids is 2. The highest BCUT2D eigenvalue weighted by atomic mass is 16.4. The van der Waals surface area contributed by atoms with E-state index in [4.69, 9.17) is 10.9 Å². The van der Waals surface area contributed by atoms with Gasteiger partial charge in [0.25, 0.3) is 0 Å². The van der Waals surface area contributed by atoms with Gasteiger partial charge in [0.05, 0.1) is 5.92 Å². The van der Waals surface area contributed by atoms with Crippen molar-refractivity contribution in [2.24, 2.45) is 16.8 Å². The van der Waals surface area contributed by atoms with Crippen LogP contribution in [0, 0.1) is 5.92 Å². The number of hydrogen-bond donors (Lipinski definition) is 4. The largest absolute Gasteiger partial charge is 0.409 e. The van der Waals surface area contributed by atoms with Gasteiger partial charge in [-0.05, 0) is 12.8 Å². The number of nitrogens with one attached hydrogen (secondary N) is 2. The van der Waals surface area contributed by atoms with Crippen LogP contribution in [0.4, 0.5) is 0 Å². The molecule has 1 heterocycles. The molecule has 2 unspecified atom stereocenters. The minimum atomic E-state index is -0.628.